The third kappa shape index (κ3) is 6.44. The van der Waals surface area contributed by atoms with Crippen LogP contribution in [0.1, 0.15) is 19.3 Å². The summed E-state index contributed by atoms with van der Waals surface area (Å²) in [6.07, 6.45) is 3.79. The number of likely N-dealkylation sites (tertiary alicyclic amines) is 1. The number of amides is 2. The number of thioether (sulfide) groups is 1. The quantitative estimate of drug-likeness (QED) is 0.614. The fourth-order valence-electron chi connectivity index (χ4n) is 3.96. The average molecular weight is 470 g/mol. The van der Waals surface area contributed by atoms with Crippen molar-refractivity contribution >= 4 is 33.6 Å². The van der Waals surface area contributed by atoms with Gasteiger partial charge in [-0.2, -0.15) is 16.5 Å². The summed E-state index contributed by atoms with van der Waals surface area (Å²) < 4.78 is 33.5. The van der Waals surface area contributed by atoms with Crippen molar-refractivity contribution < 1.29 is 22.7 Å². The van der Waals surface area contributed by atoms with Gasteiger partial charge in [-0.1, -0.05) is 18.2 Å². The zero-order valence-corrected chi connectivity index (χ0v) is 19.5. The summed E-state index contributed by atoms with van der Waals surface area (Å²) in [5, 5.41) is 0. The van der Waals surface area contributed by atoms with Crippen LogP contribution in [-0.2, 0) is 24.3 Å². The molecule has 0 spiro atoms. The van der Waals surface area contributed by atoms with Crippen LogP contribution in [0.4, 0.5) is 0 Å². The zero-order chi connectivity index (χ0) is 22.3. The van der Waals surface area contributed by atoms with Gasteiger partial charge < -0.3 is 14.5 Å². The minimum atomic E-state index is -3.82. The first-order valence-electron chi connectivity index (χ1n) is 10.6. The molecule has 172 valence electrons. The molecule has 0 bridgehead atoms. The number of hydrogen-bond acceptors (Lipinski definition) is 6. The van der Waals surface area contributed by atoms with Gasteiger partial charge in [0.25, 0.3) is 0 Å². The van der Waals surface area contributed by atoms with E-state index in [0.717, 1.165) is 12.8 Å². The molecule has 2 saturated heterocycles. The van der Waals surface area contributed by atoms with E-state index in [1.807, 2.05) is 11.2 Å². The van der Waals surface area contributed by atoms with Gasteiger partial charge in [-0.05, 0) is 43.4 Å². The van der Waals surface area contributed by atoms with Gasteiger partial charge in [0, 0.05) is 26.2 Å². The molecule has 2 unspecified atom stereocenters. The van der Waals surface area contributed by atoms with Crippen molar-refractivity contribution in [3.8, 4) is 0 Å². The lowest BCUT2D eigenvalue weighted by molar-refractivity contribution is -0.144. The highest BCUT2D eigenvalue weighted by Crippen LogP contribution is 2.21. The molecule has 1 N–H and O–H groups in total. The second kappa shape index (κ2) is 11.3. The smallest absolute Gasteiger partial charge is 0.241 e. The molecule has 1 aromatic rings. The minimum absolute atomic E-state index is 0.0614. The summed E-state index contributed by atoms with van der Waals surface area (Å²) in [4.78, 5) is 29.8. The predicted octanol–water partition coefficient (Wildman–Crippen LogP) is 1.18. The Labute approximate surface area is 188 Å². The van der Waals surface area contributed by atoms with E-state index in [4.69, 9.17) is 4.74 Å². The van der Waals surface area contributed by atoms with Crippen LogP contribution in [0.5, 0.6) is 0 Å². The maximum Gasteiger partial charge on any atom is 0.241 e. The summed E-state index contributed by atoms with van der Waals surface area (Å²) >= 11 is 1.56. The third-order valence-corrected chi connectivity index (χ3v) is 7.80. The van der Waals surface area contributed by atoms with Crippen LogP contribution in [0.2, 0.25) is 0 Å². The molecule has 8 nitrogen and oxygen atoms in total. The summed E-state index contributed by atoms with van der Waals surface area (Å²) in [6.45, 7) is 3.11. The van der Waals surface area contributed by atoms with Gasteiger partial charge in [0.1, 0.15) is 6.04 Å². The number of carbonyl (C=O) groups excluding carboxylic acids is 2. The molecule has 2 aliphatic heterocycles. The number of ether oxygens (including phenoxy) is 1. The first kappa shape index (κ1) is 24.0. The number of nitrogens with zero attached hydrogens (tertiary/aromatic N) is 2. The Hall–Kier alpha value is -1.62. The molecule has 2 aliphatic rings. The van der Waals surface area contributed by atoms with E-state index in [1.54, 1.807) is 34.9 Å². The van der Waals surface area contributed by atoms with E-state index in [1.165, 1.54) is 12.1 Å². The van der Waals surface area contributed by atoms with Gasteiger partial charge in [-0.25, -0.2) is 8.42 Å². The van der Waals surface area contributed by atoms with Crippen molar-refractivity contribution in [2.75, 3.05) is 51.4 Å². The largest absolute Gasteiger partial charge is 0.378 e. The zero-order valence-electron chi connectivity index (χ0n) is 17.9. The summed E-state index contributed by atoms with van der Waals surface area (Å²) in [5.41, 5.74) is 0. The molecule has 2 heterocycles. The van der Waals surface area contributed by atoms with E-state index in [-0.39, 0.29) is 22.6 Å². The molecule has 1 aromatic carbocycles. The number of carbonyl (C=O) groups is 2. The molecule has 0 saturated carbocycles. The maximum absolute atomic E-state index is 13.3. The molecular weight excluding hydrogens is 438 g/mol. The van der Waals surface area contributed by atoms with Crippen molar-refractivity contribution in [2.24, 2.45) is 5.92 Å². The fraction of sp³-hybridized carbons (Fsp3) is 0.619. The lowest BCUT2D eigenvalue weighted by Crippen LogP contribution is -2.54. The highest BCUT2D eigenvalue weighted by atomic mass is 32.2. The van der Waals surface area contributed by atoms with E-state index < -0.39 is 16.1 Å². The van der Waals surface area contributed by atoms with Crippen LogP contribution in [0.25, 0.3) is 0 Å². The van der Waals surface area contributed by atoms with Crippen molar-refractivity contribution in [3.05, 3.63) is 30.3 Å². The van der Waals surface area contributed by atoms with Crippen molar-refractivity contribution in [2.45, 2.75) is 30.2 Å². The lowest BCUT2D eigenvalue weighted by Gasteiger charge is -2.37. The van der Waals surface area contributed by atoms with Crippen LogP contribution in [0, 0.1) is 5.92 Å². The Kier molecular flexibility index (Phi) is 8.76. The monoisotopic (exact) mass is 469 g/mol. The minimum Gasteiger partial charge on any atom is -0.378 e. The number of sulfonamides is 1. The maximum atomic E-state index is 13.3. The summed E-state index contributed by atoms with van der Waals surface area (Å²) in [7, 11) is -3.82. The van der Waals surface area contributed by atoms with Gasteiger partial charge in [0.05, 0.1) is 24.0 Å². The Bertz CT molecular complexity index is 844. The molecule has 2 fully saturated rings. The van der Waals surface area contributed by atoms with Gasteiger partial charge in [0.2, 0.25) is 21.8 Å². The van der Waals surface area contributed by atoms with Gasteiger partial charge in [-0.15, -0.1) is 0 Å². The molecule has 2 atom stereocenters. The van der Waals surface area contributed by atoms with E-state index in [2.05, 4.69) is 4.72 Å². The Balaban J connectivity index is 1.69. The Morgan fingerprint density at radius 2 is 1.87 bits per heavy atom. The van der Waals surface area contributed by atoms with Crippen LogP contribution in [0.3, 0.4) is 0 Å². The predicted molar refractivity (Wildman–Crippen MR) is 120 cm³/mol. The highest BCUT2D eigenvalue weighted by Gasteiger charge is 2.35. The normalized spacial score (nSPS) is 21.0. The SMILES string of the molecule is CSCCC(NS(=O)(=O)c1ccccc1)C(=O)N1CCCC(C(=O)N2CCOCC2)C1. The summed E-state index contributed by atoms with van der Waals surface area (Å²) in [6, 6.07) is 7.22. The summed E-state index contributed by atoms with van der Waals surface area (Å²) in [5.74, 6) is 0.208. The standard InChI is InChI=1S/C21H31N3O5S2/c1-30-15-9-19(22-31(27,28)18-7-3-2-4-8-18)21(26)24-10-5-6-17(16-24)20(25)23-11-13-29-14-12-23/h2-4,7-8,17,19,22H,5-6,9-16H2,1H3. The molecule has 0 aromatic heterocycles. The van der Waals surface area contributed by atoms with Gasteiger partial charge >= 0.3 is 0 Å². The number of hydrogen-bond donors (Lipinski definition) is 1. The van der Waals surface area contributed by atoms with Gasteiger partial charge in [-0.3, -0.25) is 9.59 Å². The molecule has 0 aliphatic carbocycles. The number of rotatable bonds is 8. The molecular formula is C21H31N3O5S2. The first-order chi connectivity index (χ1) is 14.9. The Morgan fingerprint density at radius 3 is 2.55 bits per heavy atom. The van der Waals surface area contributed by atoms with Crippen molar-refractivity contribution in [1.29, 1.82) is 0 Å². The topological polar surface area (TPSA) is 96.0 Å². The molecule has 31 heavy (non-hydrogen) atoms. The van der Waals surface area contributed by atoms with Crippen LogP contribution >= 0.6 is 11.8 Å². The van der Waals surface area contributed by atoms with E-state index in [0.29, 0.717) is 51.6 Å². The first-order valence-corrected chi connectivity index (χ1v) is 13.5. The van der Waals surface area contributed by atoms with E-state index >= 15 is 0 Å². The third-order valence-electron chi connectivity index (χ3n) is 5.66. The second-order valence-electron chi connectivity index (χ2n) is 7.83. The number of piperidine rings is 1. The number of benzene rings is 1. The molecule has 0 radical (unpaired) electrons. The van der Waals surface area contributed by atoms with Crippen LogP contribution in [0.15, 0.2) is 35.2 Å². The van der Waals surface area contributed by atoms with Crippen LogP contribution in [-0.4, -0.2) is 87.5 Å². The average Bonchev–Trinajstić information content (AvgIpc) is 2.82. The second-order valence-corrected chi connectivity index (χ2v) is 10.5. The van der Waals surface area contributed by atoms with Crippen molar-refractivity contribution in [3.63, 3.8) is 0 Å². The molecule has 10 heteroatoms. The van der Waals surface area contributed by atoms with Gasteiger partial charge in [0.15, 0.2) is 0 Å². The number of nitrogens with one attached hydrogen (secondary N) is 1. The number of morpholine rings is 1. The molecule has 3 rings (SSSR count). The fourth-order valence-corrected chi connectivity index (χ4v) is 5.68. The lowest BCUT2D eigenvalue weighted by atomic mass is 9.95. The van der Waals surface area contributed by atoms with E-state index in [9.17, 15) is 18.0 Å². The molecule has 2 amide bonds. The van der Waals surface area contributed by atoms with Crippen molar-refractivity contribution in [1.82, 2.24) is 14.5 Å². The Morgan fingerprint density at radius 1 is 1.16 bits per heavy atom. The highest BCUT2D eigenvalue weighted by molar-refractivity contribution is 7.98. The van der Waals surface area contributed by atoms with Crippen LogP contribution < -0.4 is 4.72 Å².